The lowest BCUT2D eigenvalue weighted by Crippen LogP contribution is -2.55. The number of halogens is 1. The molecule has 0 unspecified atom stereocenters. The van der Waals surface area contributed by atoms with Crippen LogP contribution in [0.5, 0.6) is 5.75 Å². The summed E-state index contributed by atoms with van der Waals surface area (Å²) in [6.45, 7) is 0.910. The van der Waals surface area contributed by atoms with E-state index in [9.17, 15) is 20.4 Å². The minimum Gasteiger partial charge on any atom is -0.488 e. The van der Waals surface area contributed by atoms with E-state index in [0.717, 1.165) is 34.4 Å². The predicted molar refractivity (Wildman–Crippen MR) is 116 cm³/mol. The van der Waals surface area contributed by atoms with Crippen LogP contribution in [0.3, 0.4) is 0 Å². The minimum absolute atomic E-state index is 0.107. The fourth-order valence-electron chi connectivity index (χ4n) is 3.99. The van der Waals surface area contributed by atoms with Gasteiger partial charge in [-0.2, -0.15) is 0 Å². The van der Waals surface area contributed by atoms with E-state index in [1.54, 1.807) is 6.07 Å². The van der Waals surface area contributed by atoms with Crippen molar-refractivity contribution in [2.24, 2.45) is 0 Å². The molecule has 168 valence electrons. The zero-order valence-electron chi connectivity index (χ0n) is 16.9. The highest BCUT2D eigenvalue weighted by Gasteiger charge is 2.44. The summed E-state index contributed by atoms with van der Waals surface area (Å²) in [5.74, 6) is 0.813. The van der Waals surface area contributed by atoms with E-state index in [-0.39, 0.29) is 6.10 Å². The molecule has 2 aromatic carbocycles. The number of ether oxygens (including phenoxy) is 3. The summed E-state index contributed by atoms with van der Waals surface area (Å²) in [7, 11) is 0. The molecule has 4 N–H and O–H groups in total. The van der Waals surface area contributed by atoms with E-state index < -0.39 is 37.1 Å². The van der Waals surface area contributed by atoms with Crippen molar-refractivity contribution in [3.05, 3.63) is 63.6 Å². The summed E-state index contributed by atoms with van der Waals surface area (Å²) >= 11 is 3.58. The zero-order chi connectivity index (χ0) is 22.0. The molecule has 0 aromatic heterocycles. The Morgan fingerprint density at radius 2 is 1.77 bits per heavy atom. The molecule has 2 aromatic rings. The Morgan fingerprint density at radius 1 is 1.00 bits per heavy atom. The van der Waals surface area contributed by atoms with Gasteiger partial charge in [-0.25, -0.2) is 0 Å². The highest BCUT2D eigenvalue weighted by Crippen LogP contribution is 2.34. The van der Waals surface area contributed by atoms with Crippen molar-refractivity contribution in [2.45, 2.75) is 49.5 Å². The van der Waals surface area contributed by atoms with Gasteiger partial charge in [-0.1, -0.05) is 40.2 Å². The lowest BCUT2D eigenvalue weighted by atomic mass is 9.90. The summed E-state index contributed by atoms with van der Waals surface area (Å²) in [5.41, 5.74) is 2.73. The second kappa shape index (κ2) is 9.95. The van der Waals surface area contributed by atoms with Crippen LogP contribution in [-0.4, -0.2) is 70.8 Å². The van der Waals surface area contributed by atoms with E-state index in [1.165, 1.54) is 0 Å². The molecular formula is C23H27BrO7. The van der Waals surface area contributed by atoms with Crippen molar-refractivity contribution in [3.8, 4) is 5.75 Å². The van der Waals surface area contributed by atoms with Crippen LogP contribution in [0.2, 0.25) is 0 Å². The van der Waals surface area contributed by atoms with Gasteiger partial charge in [0.1, 0.15) is 42.4 Å². The van der Waals surface area contributed by atoms with Crippen molar-refractivity contribution in [2.75, 3.05) is 19.8 Å². The first-order chi connectivity index (χ1) is 15.0. The van der Waals surface area contributed by atoms with Gasteiger partial charge in [-0.05, 0) is 41.3 Å². The highest BCUT2D eigenvalue weighted by molar-refractivity contribution is 9.10. The van der Waals surface area contributed by atoms with Crippen LogP contribution < -0.4 is 4.74 Å². The number of benzene rings is 2. The van der Waals surface area contributed by atoms with E-state index in [1.807, 2.05) is 36.4 Å². The van der Waals surface area contributed by atoms with Crippen molar-refractivity contribution >= 4 is 15.9 Å². The molecule has 7 nitrogen and oxygen atoms in total. The summed E-state index contributed by atoms with van der Waals surface area (Å²) < 4.78 is 17.8. The van der Waals surface area contributed by atoms with Crippen LogP contribution in [0.4, 0.5) is 0 Å². The Hall–Kier alpha value is -1.52. The molecule has 2 aliphatic rings. The highest BCUT2D eigenvalue weighted by atomic mass is 79.9. The van der Waals surface area contributed by atoms with Crippen molar-refractivity contribution in [1.82, 2.24) is 0 Å². The van der Waals surface area contributed by atoms with Gasteiger partial charge in [-0.3, -0.25) is 0 Å². The van der Waals surface area contributed by atoms with Crippen LogP contribution >= 0.6 is 15.9 Å². The standard InChI is InChI=1S/C23H27BrO7/c24-18-6-3-14(23-22(28)21(27)20(26)19(11-25)31-23)10-15(18)9-13-1-4-16(5-2-13)30-17-7-8-29-12-17/h1-6,10,17,19-23,25-28H,7-9,11-12H2/t17-,19+,20+,21-,22+,23-/m0/s1. The number of aliphatic hydroxyl groups excluding tert-OH is 4. The Kier molecular flexibility index (Phi) is 7.28. The van der Waals surface area contributed by atoms with Crippen LogP contribution in [0.25, 0.3) is 0 Å². The Bertz CT molecular complexity index is 867. The van der Waals surface area contributed by atoms with Gasteiger partial charge in [-0.15, -0.1) is 0 Å². The molecule has 2 heterocycles. The molecule has 2 fully saturated rings. The Balaban J connectivity index is 1.49. The summed E-state index contributed by atoms with van der Waals surface area (Å²) in [6, 6.07) is 13.5. The topological polar surface area (TPSA) is 109 Å². The second-order valence-corrected chi connectivity index (χ2v) is 8.88. The molecular weight excluding hydrogens is 468 g/mol. The smallest absolute Gasteiger partial charge is 0.124 e. The van der Waals surface area contributed by atoms with Crippen LogP contribution in [-0.2, 0) is 15.9 Å². The molecule has 6 atom stereocenters. The Labute approximate surface area is 189 Å². The largest absolute Gasteiger partial charge is 0.488 e. The van der Waals surface area contributed by atoms with Crippen molar-refractivity contribution in [1.29, 1.82) is 0 Å². The molecule has 0 radical (unpaired) electrons. The zero-order valence-corrected chi connectivity index (χ0v) is 18.5. The minimum atomic E-state index is -1.40. The molecule has 0 amide bonds. The third-order valence-electron chi connectivity index (χ3n) is 5.80. The maximum Gasteiger partial charge on any atom is 0.124 e. The van der Waals surface area contributed by atoms with Gasteiger partial charge in [0.2, 0.25) is 0 Å². The molecule has 2 aliphatic heterocycles. The molecule has 0 spiro atoms. The maximum atomic E-state index is 10.4. The summed E-state index contributed by atoms with van der Waals surface area (Å²) in [6.07, 6.45) is -4.22. The molecule has 0 saturated carbocycles. The van der Waals surface area contributed by atoms with E-state index in [2.05, 4.69) is 15.9 Å². The molecule has 4 rings (SSSR count). The predicted octanol–water partition coefficient (Wildman–Crippen LogP) is 1.72. The molecule has 0 bridgehead atoms. The monoisotopic (exact) mass is 494 g/mol. The van der Waals surface area contributed by atoms with Gasteiger partial charge in [0.15, 0.2) is 0 Å². The van der Waals surface area contributed by atoms with Gasteiger partial charge in [0.05, 0.1) is 19.8 Å². The number of hydrogen-bond donors (Lipinski definition) is 4. The molecule has 31 heavy (non-hydrogen) atoms. The number of aliphatic hydroxyl groups is 4. The van der Waals surface area contributed by atoms with E-state index in [0.29, 0.717) is 18.6 Å². The first kappa shape index (κ1) is 22.7. The SMILES string of the molecule is OC[C@H]1O[C@@H](c2ccc(Br)c(Cc3ccc(O[C@H]4CCOC4)cc3)c2)[C@H](O)[C@@H](O)[C@@H]1O. The van der Waals surface area contributed by atoms with E-state index in [4.69, 9.17) is 14.2 Å². The normalized spacial score (nSPS) is 31.0. The first-order valence-corrected chi connectivity index (χ1v) is 11.2. The van der Waals surface area contributed by atoms with Crippen LogP contribution in [0, 0.1) is 0 Å². The van der Waals surface area contributed by atoms with Crippen LogP contribution in [0.1, 0.15) is 29.2 Å². The third-order valence-corrected chi connectivity index (χ3v) is 6.57. The fourth-order valence-corrected chi connectivity index (χ4v) is 4.38. The average Bonchev–Trinajstić information content (AvgIpc) is 3.28. The van der Waals surface area contributed by atoms with E-state index >= 15 is 0 Å². The summed E-state index contributed by atoms with van der Waals surface area (Å²) in [5, 5.41) is 40.0. The lowest BCUT2D eigenvalue weighted by molar-refractivity contribution is -0.231. The number of hydrogen-bond acceptors (Lipinski definition) is 7. The quantitative estimate of drug-likeness (QED) is 0.484. The van der Waals surface area contributed by atoms with Crippen LogP contribution in [0.15, 0.2) is 46.9 Å². The third kappa shape index (κ3) is 5.12. The molecule has 2 saturated heterocycles. The number of rotatable bonds is 6. The molecule has 0 aliphatic carbocycles. The maximum absolute atomic E-state index is 10.4. The lowest BCUT2D eigenvalue weighted by Gasteiger charge is -2.40. The first-order valence-electron chi connectivity index (χ1n) is 10.4. The average molecular weight is 495 g/mol. The Morgan fingerprint density at radius 3 is 2.45 bits per heavy atom. The van der Waals surface area contributed by atoms with Gasteiger partial charge in [0, 0.05) is 10.9 Å². The van der Waals surface area contributed by atoms with Gasteiger partial charge < -0.3 is 34.6 Å². The second-order valence-electron chi connectivity index (χ2n) is 8.02. The van der Waals surface area contributed by atoms with Crippen molar-refractivity contribution in [3.63, 3.8) is 0 Å². The van der Waals surface area contributed by atoms with Gasteiger partial charge >= 0.3 is 0 Å². The van der Waals surface area contributed by atoms with Crippen molar-refractivity contribution < 1.29 is 34.6 Å². The molecule has 8 heteroatoms. The fraction of sp³-hybridized carbons (Fsp3) is 0.478. The van der Waals surface area contributed by atoms with Gasteiger partial charge in [0.25, 0.3) is 0 Å². The summed E-state index contributed by atoms with van der Waals surface area (Å²) in [4.78, 5) is 0.